The van der Waals surface area contributed by atoms with Crippen LogP contribution < -0.4 is 4.90 Å². The van der Waals surface area contributed by atoms with Crippen LogP contribution in [0.4, 0.5) is 5.82 Å². The number of nitrogens with zero attached hydrogens (tertiary/aromatic N) is 6. The van der Waals surface area contributed by atoms with Crippen LogP contribution in [0.25, 0.3) is 0 Å². The van der Waals surface area contributed by atoms with Gasteiger partial charge in [0.2, 0.25) is 11.8 Å². The molecule has 2 saturated heterocycles. The fourth-order valence-electron chi connectivity index (χ4n) is 5.22. The number of rotatable bonds is 6. The maximum Gasteiger partial charge on any atom is 0.228 e. The Morgan fingerprint density at radius 1 is 0.970 bits per heavy atom. The van der Waals surface area contributed by atoms with E-state index in [1.807, 2.05) is 30.0 Å². The number of hydrogen-bond acceptors (Lipinski definition) is 6. The standard InChI is InChI=1S/C25H32N6O2/c1-18-21-7-8-23(33)31(17-20-5-2-3-11-26-20)25(21)28-24(27-18)19-9-13-29(14-10-19)15-16-30-12-4-6-22(30)32/h2-3,5,11,19H,4,6-10,12-17H2,1H3. The van der Waals surface area contributed by atoms with Gasteiger partial charge in [0.15, 0.2) is 0 Å². The van der Waals surface area contributed by atoms with Crippen molar-refractivity contribution in [1.29, 1.82) is 0 Å². The highest BCUT2D eigenvalue weighted by Gasteiger charge is 2.31. The molecule has 0 aliphatic carbocycles. The van der Waals surface area contributed by atoms with E-state index in [1.54, 1.807) is 11.1 Å². The van der Waals surface area contributed by atoms with Gasteiger partial charge in [0.1, 0.15) is 11.6 Å². The summed E-state index contributed by atoms with van der Waals surface area (Å²) >= 11 is 0. The van der Waals surface area contributed by atoms with E-state index in [2.05, 4.69) is 9.88 Å². The maximum atomic E-state index is 12.8. The van der Waals surface area contributed by atoms with Gasteiger partial charge in [0, 0.05) is 55.8 Å². The lowest BCUT2D eigenvalue weighted by atomic mass is 9.95. The van der Waals surface area contributed by atoms with E-state index in [4.69, 9.17) is 9.97 Å². The van der Waals surface area contributed by atoms with Gasteiger partial charge < -0.3 is 9.80 Å². The van der Waals surface area contributed by atoms with Gasteiger partial charge in [-0.25, -0.2) is 9.97 Å². The molecule has 0 atom stereocenters. The molecule has 5 rings (SSSR count). The van der Waals surface area contributed by atoms with Crippen molar-refractivity contribution in [3.63, 3.8) is 0 Å². The van der Waals surface area contributed by atoms with Crippen molar-refractivity contribution in [3.8, 4) is 0 Å². The first-order valence-electron chi connectivity index (χ1n) is 12.2. The first-order valence-corrected chi connectivity index (χ1v) is 12.2. The number of carbonyl (C=O) groups is 2. The van der Waals surface area contributed by atoms with E-state index in [0.717, 1.165) is 80.6 Å². The van der Waals surface area contributed by atoms with Gasteiger partial charge in [-0.2, -0.15) is 0 Å². The molecule has 0 bridgehead atoms. The van der Waals surface area contributed by atoms with Crippen molar-refractivity contribution in [3.05, 3.63) is 47.2 Å². The van der Waals surface area contributed by atoms with Crippen molar-refractivity contribution >= 4 is 17.6 Å². The van der Waals surface area contributed by atoms with Gasteiger partial charge in [-0.05, 0) is 57.8 Å². The molecule has 0 spiro atoms. The van der Waals surface area contributed by atoms with E-state index in [-0.39, 0.29) is 5.91 Å². The molecule has 2 fully saturated rings. The number of anilines is 1. The SMILES string of the molecule is Cc1nc(C2CCN(CCN3CCCC3=O)CC2)nc2c1CCC(=O)N2Cc1ccccn1. The molecule has 2 aromatic heterocycles. The second-order valence-electron chi connectivity index (χ2n) is 9.37. The maximum absolute atomic E-state index is 12.8. The first kappa shape index (κ1) is 21.9. The van der Waals surface area contributed by atoms with Crippen LogP contribution in [0.5, 0.6) is 0 Å². The van der Waals surface area contributed by atoms with Crippen LogP contribution in [0.1, 0.15) is 60.8 Å². The van der Waals surface area contributed by atoms with Crippen molar-refractivity contribution < 1.29 is 9.59 Å². The smallest absolute Gasteiger partial charge is 0.228 e. The monoisotopic (exact) mass is 448 g/mol. The Kier molecular flexibility index (Phi) is 6.35. The molecular weight excluding hydrogens is 416 g/mol. The summed E-state index contributed by atoms with van der Waals surface area (Å²) < 4.78 is 0. The third-order valence-corrected chi connectivity index (χ3v) is 7.21. The summed E-state index contributed by atoms with van der Waals surface area (Å²) in [6.45, 7) is 7.14. The van der Waals surface area contributed by atoms with Crippen LogP contribution in [0, 0.1) is 6.92 Å². The van der Waals surface area contributed by atoms with Gasteiger partial charge >= 0.3 is 0 Å². The average molecular weight is 449 g/mol. The minimum absolute atomic E-state index is 0.100. The number of aryl methyl sites for hydroxylation is 1. The lowest BCUT2D eigenvalue weighted by Gasteiger charge is -2.34. The Morgan fingerprint density at radius 3 is 2.55 bits per heavy atom. The largest absolute Gasteiger partial charge is 0.341 e. The molecule has 174 valence electrons. The summed E-state index contributed by atoms with van der Waals surface area (Å²) in [5.74, 6) is 2.33. The molecule has 0 unspecified atom stereocenters. The van der Waals surface area contributed by atoms with Gasteiger partial charge in [-0.15, -0.1) is 0 Å². The van der Waals surface area contributed by atoms with E-state index in [0.29, 0.717) is 37.6 Å². The highest BCUT2D eigenvalue weighted by molar-refractivity contribution is 5.95. The number of likely N-dealkylation sites (tertiary alicyclic amines) is 2. The molecule has 0 aromatic carbocycles. The zero-order valence-corrected chi connectivity index (χ0v) is 19.4. The van der Waals surface area contributed by atoms with Gasteiger partial charge in [-0.3, -0.25) is 19.5 Å². The van der Waals surface area contributed by atoms with Crippen LogP contribution in [0.15, 0.2) is 24.4 Å². The Bertz CT molecular complexity index is 1020. The highest BCUT2D eigenvalue weighted by atomic mass is 16.2. The number of amides is 2. The van der Waals surface area contributed by atoms with E-state index in [1.165, 1.54) is 0 Å². The fourth-order valence-corrected chi connectivity index (χ4v) is 5.22. The summed E-state index contributed by atoms with van der Waals surface area (Å²) in [5, 5.41) is 0. The number of piperidine rings is 1. The fraction of sp³-hybridized carbons (Fsp3) is 0.560. The third kappa shape index (κ3) is 4.76. The molecule has 8 heteroatoms. The second kappa shape index (κ2) is 9.55. The lowest BCUT2D eigenvalue weighted by molar-refractivity contribution is -0.127. The quantitative estimate of drug-likeness (QED) is 0.675. The predicted molar refractivity (Wildman–Crippen MR) is 125 cm³/mol. The zero-order valence-electron chi connectivity index (χ0n) is 19.4. The summed E-state index contributed by atoms with van der Waals surface area (Å²) in [7, 11) is 0. The highest BCUT2D eigenvalue weighted by Crippen LogP contribution is 2.33. The molecule has 33 heavy (non-hydrogen) atoms. The Hall–Kier alpha value is -2.87. The van der Waals surface area contributed by atoms with Crippen molar-refractivity contribution in [2.24, 2.45) is 0 Å². The second-order valence-corrected chi connectivity index (χ2v) is 9.37. The summed E-state index contributed by atoms with van der Waals surface area (Å²) in [5.41, 5.74) is 2.94. The number of pyridine rings is 1. The molecule has 8 nitrogen and oxygen atoms in total. The van der Waals surface area contributed by atoms with Crippen LogP contribution in [-0.2, 0) is 22.6 Å². The molecule has 3 aliphatic heterocycles. The van der Waals surface area contributed by atoms with E-state index < -0.39 is 0 Å². The molecule has 2 aromatic rings. The summed E-state index contributed by atoms with van der Waals surface area (Å²) in [4.78, 5) is 45.2. The molecule has 0 radical (unpaired) electrons. The van der Waals surface area contributed by atoms with Crippen molar-refractivity contribution in [1.82, 2.24) is 24.8 Å². The van der Waals surface area contributed by atoms with Gasteiger partial charge in [0.25, 0.3) is 0 Å². The predicted octanol–water partition coefficient (Wildman–Crippen LogP) is 2.46. The molecule has 5 heterocycles. The van der Waals surface area contributed by atoms with Crippen molar-refractivity contribution in [2.45, 2.75) is 57.9 Å². The number of hydrogen-bond donors (Lipinski definition) is 0. The lowest BCUT2D eigenvalue weighted by Crippen LogP contribution is -2.40. The molecular formula is C25H32N6O2. The van der Waals surface area contributed by atoms with Crippen LogP contribution >= 0.6 is 0 Å². The topological polar surface area (TPSA) is 82.5 Å². The van der Waals surface area contributed by atoms with Crippen LogP contribution in [0.2, 0.25) is 0 Å². The molecule has 2 amide bonds. The Morgan fingerprint density at radius 2 is 1.82 bits per heavy atom. The molecule has 0 N–H and O–H groups in total. The van der Waals surface area contributed by atoms with E-state index >= 15 is 0 Å². The number of fused-ring (bicyclic) bond motifs is 1. The van der Waals surface area contributed by atoms with Gasteiger partial charge in [-0.1, -0.05) is 6.07 Å². The van der Waals surface area contributed by atoms with E-state index in [9.17, 15) is 9.59 Å². The average Bonchev–Trinajstić information content (AvgIpc) is 3.25. The van der Waals surface area contributed by atoms with Crippen LogP contribution in [-0.4, -0.2) is 69.3 Å². The van der Waals surface area contributed by atoms with Crippen LogP contribution in [0.3, 0.4) is 0 Å². The third-order valence-electron chi connectivity index (χ3n) is 7.21. The summed E-state index contributed by atoms with van der Waals surface area (Å²) in [6.07, 6.45) is 6.65. The Labute approximate surface area is 195 Å². The molecule has 0 saturated carbocycles. The Balaban J connectivity index is 1.27. The zero-order chi connectivity index (χ0) is 22.8. The number of carbonyl (C=O) groups excluding carboxylic acids is 2. The van der Waals surface area contributed by atoms with Gasteiger partial charge in [0.05, 0.1) is 12.2 Å². The first-order chi connectivity index (χ1) is 16.1. The van der Waals surface area contributed by atoms with Crippen molar-refractivity contribution in [2.75, 3.05) is 37.6 Å². The summed E-state index contributed by atoms with van der Waals surface area (Å²) in [6, 6.07) is 5.78. The minimum atomic E-state index is 0.100. The normalized spacial score (nSPS) is 19.9. The minimum Gasteiger partial charge on any atom is -0.341 e. The molecule has 3 aliphatic rings. The number of aromatic nitrogens is 3.